The van der Waals surface area contributed by atoms with Gasteiger partial charge in [0.15, 0.2) is 11.5 Å². The highest BCUT2D eigenvalue weighted by Crippen LogP contribution is 2.38. The van der Waals surface area contributed by atoms with Crippen LogP contribution in [-0.2, 0) is 16.1 Å². The Kier molecular flexibility index (Phi) is 9.97. The number of nitrogens with one attached hydrogen (secondary N) is 1. The molecule has 39 heavy (non-hydrogen) atoms. The van der Waals surface area contributed by atoms with E-state index < -0.39 is 5.97 Å². The van der Waals surface area contributed by atoms with Gasteiger partial charge in [0.05, 0.1) is 18.2 Å². The van der Waals surface area contributed by atoms with E-state index in [1.807, 2.05) is 66.0 Å². The lowest BCUT2D eigenvalue weighted by atomic mass is 10.0. The molecule has 0 aliphatic rings. The molecule has 1 N–H and O–H groups in total. The third-order valence-corrected chi connectivity index (χ3v) is 7.58. The van der Waals surface area contributed by atoms with Gasteiger partial charge in [0, 0.05) is 21.5 Å². The third-order valence-electron chi connectivity index (χ3n) is 5.57. The molecule has 1 aromatic heterocycles. The van der Waals surface area contributed by atoms with Crippen molar-refractivity contribution in [2.75, 3.05) is 19.0 Å². The SMILES string of the molecule is CCOC(=O)c1c(-c2ccc(Br)cc2)csc1NC(=O)C=Cc1cc(Br)c(OCc2ccccc2)c(OC)c1. The first-order chi connectivity index (χ1) is 18.9. The van der Waals surface area contributed by atoms with Crippen LogP contribution in [0, 0.1) is 0 Å². The normalized spacial score (nSPS) is 10.9. The average Bonchev–Trinajstić information content (AvgIpc) is 3.35. The molecule has 9 heteroatoms. The summed E-state index contributed by atoms with van der Waals surface area (Å²) in [6, 6.07) is 21.1. The number of esters is 1. The molecule has 0 aliphatic heterocycles. The third kappa shape index (κ3) is 7.38. The number of hydrogen-bond acceptors (Lipinski definition) is 6. The summed E-state index contributed by atoms with van der Waals surface area (Å²) >= 11 is 8.25. The molecule has 3 aromatic carbocycles. The first kappa shape index (κ1) is 28.6. The van der Waals surface area contributed by atoms with Gasteiger partial charge in [-0.25, -0.2) is 4.79 Å². The van der Waals surface area contributed by atoms with Crippen LogP contribution in [0.4, 0.5) is 5.00 Å². The minimum atomic E-state index is -0.490. The first-order valence-electron chi connectivity index (χ1n) is 12.0. The Bertz CT molecular complexity index is 1480. The summed E-state index contributed by atoms with van der Waals surface area (Å²) < 4.78 is 18.4. The second kappa shape index (κ2) is 13.6. The summed E-state index contributed by atoms with van der Waals surface area (Å²) in [5.41, 5.74) is 3.64. The molecule has 0 saturated carbocycles. The quantitative estimate of drug-likeness (QED) is 0.136. The monoisotopic (exact) mass is 669 g/mol. The fourth-order valence-electron chi connectivity index (χ4n) is 3.73. The number of amides is 1. The molecule has 4 aromatic rings. The van der Waals surface area contributed by atoms with Gasteiger partial charge in [-0.3, -0.25) is 4.79 Å². The lowest BCUT2D eigenvalue weighted by Crippen LogP contribution is -2.12. The predicted octanol–water partition coefficient (Wildman–Crippen LogP) is 8.36. The minimum Gasteiger partial charge on any atom is -0.493 e. The maximum absolute atomic E-state index is 12.9. The summed E-state index contributed by atoms with van der Waals surface area (Å²) in [7, 11) is 1.56. The fourth-order valence-corrected chi connectivity index (χ4v) is 5.53. The molecule has 0 spiro atoms. The standard InChI is InChI=1S/C30H25Br2NO5S/c1-3-37-30(35)27-23(21-10-12-22(31)13-11-21)18-39-29(27)33-26(34)14-9-20-15-24(32)28(25(16-20)36-2)38-17-19-7-5-4-6-8-19/h4-16,18H,3,17H2,1-2H3,(H,33,34). The van der Waals surface area contributed by atoms with Gasteiger partial charge < -0.3 is 19.5 Å². The van der Waals surface area contributed by atoms with Gasteiger partial charge in [-0.2, -0.15) is 0 Å². The predicted molar refractivity (Wildman–Crippen MR) is 163 cm³/mol. The Hall–Kier alpha value is -3.40. The molecule has 0 aliphatic carbocycles. The first-order valence-corrected chi connectivity index (χ1v) is 14.4. The summed E-state index contributed by atoms with van der Waals surface area (Å²) in [6.07, 6.45) is 3.07. The lowest BCUT2D eigenvalue weighted by Gasteiger charge is -2.13. The van der Waals surface area contributed by atoms with Crippen molar-refractivity contribution < 1.29 is 23.8 Å². The van der Waals surface area contributed by atoms with Gasteiger partial charge in [0.1, 0.15) is 17.2 Å². The van der Waals surface area contributed by atoms with Crippen LogP contribution in [0.25, 0.3) is 17.2 Å². The highest BCUT2D eigenvalue weighted by molar-refractivity contribution is 9.10. The van der Waals surface area contributed by atoms with Gasteiger partial charge in [-0.15, -0.1) is 11.3 Å². The van der Waals surface area contributed by atoms with Crippen LogP contribution in [0.5, 0.6) is 11.5 Å². The van der Waals surface area contributed by atoms with E-state index in [-0.39, 0.29) is 12.5 Å². The number of ether oxygens (including phenoxy) is 3. The van der Waals surface area contributed by atoms with E-state index in [0.717, 1.165) is 21.2 Å². The van der Waals surface area contributed by atoms with Crippen LogP contribution in [-0.4, -0.2) is 25.6 Å². The summed E-state index contributed by atoms with van der Waals surface area (Å²) in [6.45, 7) is 2.36. The highest BCUT2D eigenvalue weighted by Gasteiger charge is 2.22. The number of carbonyl (C=O) groups excluding carboxylic acids is 2. The summed E-state index contributed by atoms with van der Waals surface area (Å²) in [5.74, 6) is 0.225. The van der Waals surface area contributed by atoms with E-state index in [9.17, 15) is 9.59 Å². The molecular formula is C30H25Br2NO5S. The number of methoxy groups -OCH3 is 1. The van der Waals surface area contributed by atoms with Crippen molar-refractivity contribution in [1.82, 2.24) is 0 Å². The summed E-state index contributed by atoms with van der Waals surface area (Å²) in [5, 5.41) is 5.09. The number of halogens is 2. The molecule has 0 radical (unpaired) electrons. The number of benzene rings is 3. The van der Waals surface area contributed by atoms with Crippen LogP contribution >= 0.6 is 43.2 Å². The zero-order chi connectivity index (χ0) is 27.8. The molecule has 0 fully saturated rings. The smallest absolute Gasteiger partial charge is 0.341 e. The Morgan fingerprint density at radius 3 is 2.46 bits per heavy atom. The highest BCUT2D eigenvalue weighted by atomic mass is 79.9. The number of hydrogen-bond donors (Lipinski definition) is 1. The van der Waals surface area contributed by atoms with Gasteiger partial charge >= 0.3 is 5.97 Å². The van der Waals surface area contributed by atoms with Crippen molar-refractivity contribution in [2.24, 2.45) is 0 Å². The zero-order valence-electron chi connectivity index (χ0n) is 21.2. The van der Waals surface area contributed by atoms with Gasteiger partial charge in [-0.05, 0) is 69.9 Å². The maximum Gasteiger partial charge on any atom is 0.341 e. The molecule has 0 atom stereocenters. The van der Waals surface area contributed by atoms with E-state index in [1.54, 1.807) is 26.2 Å². The Labute approximate surface area is 247 Å². The van der Waals surface area contributed by atoms with Crippen LogP contribution < -0.4 is 14.8 Å². The van der Waals surface area contributed by atoms with E-state index in [1.165, 1.54) is 17.4 Å². The molecule has 0 bridgehead atoms. The number of anilines is 1. The van der Waals surface area contributed by atoms with Crippen molar-refractivity contribution in [2.45, 2.75) is 13.5 Å². The Balaban J connectivity index is 1.52. The second-order valence-corrected chi connectivity index (χ2v) is 10.9. The van der Waals surface area contributed by atoms with Crippen LogP contribution in [0.2, 0.25) is 0 Å². The second-order valence-electron chi connectivity index (χ2n) is 8.21. The number of thiophene rings is 1. The fraction of sp³-hybridized carbons (Fsp3) is 0.133. The minimum absolute atomic E-state index is 0.226. The Morgan fingerprint density at radius 2 is 1.77 bits per heavy atom. The van der Waals surface area contributed by atoms with E-state index >= 15 is 0 Å². The van der Waals surface area contributed by atoms with Crippen molar-refractivity contribution in [3.05, 3.63) is 104 Å². The van der Waals surface area contributed by atoms with E-state index in [4.69, 9.17) is 14.2 Å². The number of rotatable bonds is 10. The molecule has 0 saturated heterocycles. The van der Waals surface area contributed by atoms with Gasteiger partial charge in [0.25, 0.3) is 0 Å². The van der Waals surface area contributed by atoms with Crippen LogP contribution in [0.3, 0.4) is 0 Å². The largest absolute Gasteiger partial charge is 0.493 e. The topological polar surface area (TPSA) is 73.9 Å². The van der Waals surface area contributed by atoms with Crippen molar-refractivity contribution >= 4 is 66.2 Å². The van der Waals surface area contributed by atoms with Crippen molar-refractivity contribution in [3.8, 4) is 22.6 Å². The molecule has 1 heterocycles. The Morgan fingerprint density at radius 1 is 1.03 bits per heavy atom. The molecule has 6 nitrogen and oxygen atoms in total. The summed E-state index contributed by atoms with van der Waals surface area (Å²) in [4.78, 5) is 25.7. The molecule has 200 valence electrons. The molecule has 4 rings (SSSR count). The molecular weight excluding hydrogens is 646 g/mol. The van der Waals surface area contributed by atoms with E-state index in [2.05, 4.69) is 37.2 Å². The van der Waals surface area contributed by atoms with Crippen LogP contribution in [0.1, 0.15) is 28.4 Å². The van der Waals surface area contributed by atoms with Gasteiger partial charge in [0.2, 0.25) is 5.91 Å². The van der Waals surface area contributed by atoms with Crippen LogP contribution in [0.15, 0.2) is 87.1 Å². The maximum atomic E-state index is 12.9. The van der Waals surface area contributed by atoms with E-state index in [0.29, 0.717) is 38.7 Å². The van der Waals surface area contributed by atoms with Gasteiger partial charge in [-0.1, -0.05) is 58.4 Å². The zero-order valence-corrected chi connectivity index (χ0v) is 25.2. The number of carbonyl (C=O) groups is 2. The average molecular weight is 671 g/mol. The van der Waals surface area contributed by atoms with Crippen molar-refractivity contribution in [1.29, 1.82) is 0 Å². The lowest BCUT2D eigenvalue weighted by molar-refractivity contribution is -0.111. The molecule has 1 amide bonds. The molecule has 0 unspecified atom stereocenters. The van der Waals surface area contributed by atoms with Crippen molar-refractivity contribution in [3.63, 3.8) is 0 Å².